The fourth-order valence-corrected chi connectivity index (χ4v) is 3.33. The van der Waals surface area contributed by atoms with E-state index < -0.39 is 0 Å². The van der Waals surface area contributed by atoms with Gasteiger partial charge >= 0.3 is 0 Å². The molecule has 1 fully saturated rings. The Hall–Kier alpha value is -0.890. The van der Waals surface area contributed by atoms with Crippen LogP contribution in [-0.4, -0.2) is 12.0 Å². The molecule has 0 bridgehead atoms. The molecule has 0 aromatic carbocycles. The molecule has 1 heterocycles. The van der Waals surface area contributed by atoms with E-state index in [2.05, 4.69) is 50.3 Å². The summed E-state index contributed by atoms with van der Waals surface area (Å²) in [6.07, 6.45) is 5.99. The van der Waals surface area contributed by atoms with Crippen molar-refractivity contribution in [3.8, 4) is 0 Å². The van der Waals surface area contributed by atoms with Gasteiger partial charge in [-0.25, -0.2) is 0 Å². The Balaban J connectivity index is 2.14. The fraction of sp³-hybridized carbons (Fsp3) is 0.688. The highest BCUT2D eigenvalue weighted by Gasteiger charge is 2.30. The molecular weight excluding hydrogens is 220 g/mol. The van der Waals surface area contributed by atoms with Crippen LogP contribution >= 0.6 is 0 Å². The molecule has 4 atom stereocenters. The topological polar surface area (TPSA) is 24.9 Å². The maximum atomic E-state index is 4.30. The molecule has 0 spiro atoms. The number of aromatic nitrogens is 1. The van der Waals surface area contributed by atoms with Crippen LogP contribution in [0.25, 0.3) is 0 Å². The molecule has 1 aromatic rings. The van der Waals surface area contributed by atoms with Gasteiger partial charge in [0.2, 0.25) is 0 Å². The van der Waals surface area contributed by atoms with Crippen LogP contribution in [0.2, 0.25) is 0 Å². The third-order valence-electron chi connectivity index (χ3n) is 4.70. The molecule has 1 aliphatic rings. The molecule has 0 saturated heterocycles. The number of rotatable bonds is 3. The average molecular weight is 246 g/mol. The lowest BCUT2D eigenvalue weighted by molar-refractivity contribution is 0.174. The molecule has 1 aromatic heterocycles. The summed E-state index contributed by atoms with van der Waals surface area (Å²) >= 11 is 0. The average Bonchev–Trinajstić information content (AvgIpc) is 2.35. The van der Waals surface area contributed by atoms with Crippen LogP contribution in [0.1, 0.15) is 50.4 Å². The molecule has 2 heteroatoms. The summed E-state index contributed by atoms with van der Waals surface area (Å²) in [6.45, 7) is 6.87. The zero-order valence-corrected chi connectivity index (χ0v) is 12.1. The molecule has 1 saturated carbocycles. The molecule has 1 aliphatic carbocycles. The maximum absolute atomic E-state index is 4.30. The first-order valence-electron chi connectivity index (χ1n) is 7.21. The van der Waals surface area contributed by atoms with E-state index in [9.17, 15) is 0 Å². The second kappa shape index (κ2) is 5.83. The summed E-state index contributed by atoms with van der Waals surface area (Å²) in [5, 5.41) is 3.52. The van der Waals surface area contributed by atoms with E-state index in [0.717, 1.165) is 23.4 Å². The van der Waals surface area contributed by atoms with Crippen molar-refractivity contribution in [1.29, 1.82) is 0 Å². The van der Waals surface area contributed by atoms with E-state index in [1.165, 1.54) is 24.8 Å². The Kier molecular flexibility index (Phi) is 4.39. The van der Waals surface area contributed by atoms with Crippen molar-refractivity contribution in [1.82, 2.24) is 10.3 Å². The van der Waals surface area contributed by atoms with Gasteiger partial charge in [0, 0.05) is 17.9 Å². The first-order valence-corrected chi connectivity index (χ1v) is 7.21. The van der Waals surface area contributed by atoms with E-state index in [1.807, 2.05) is 6.20 Å². The van der Waals surface area contributed by atoms with E-state index >= 15 is 0 Å². The summed E-state index contributed by atoms with van der Waals surface area (Å²) in [4.78, 5) is 4.30. The summed E-state index contributed by atoms with van der Waals surface area (Å²) in [5.41, 5.74) is 2.52. The van der Waals surface area contributed by atoms with Crippen molar-refractivity contribution in [2.75, 3.05) is 7.05 Å². The Labute approximate surface area is 111 Å². The zero-order valence-electron chi connectivity index (χ0n) is 12.1. The van der Waals surface area contributed by atoms with Crippen molar-refractivity contribution < 1.29 is 0 Å². The molecule has 1 N–H and O–H groups in total. The van der Waals surface area contributed by atoms with E-state index in [4.69, 9.17) is 0 Å². The molecule has 100 valence electrons. The molecule has 4 unspecified atom stereocenters. The van der Waals surface area contributed by atoms with Crippen LogP contribution in [0, 0.1) is 24.7 Å². The normalized spacial score (nSPS) is 30.1. The Bertz CT molecular complexity index is 388. The van der Waals surface area contributed by atoms with E-state index in [0.29, 0.717) is 6.04 Å². The molecule has 0 aliphatic heterocycles. The standard InChI is InChI=1S/C16H26N2/c1-11-5-6-14(9-12(11)2)16(17-4)15-7-8-18-13(3)10-15/h7-8,10-12,14,16-17H,5-6,9H2,1-4H3. The lowest BCUT2D eigenvalue weighted by Crippen LogP contribution is -2.31. The number of pyridine rings is 1. The second-order valence-electron chi connectivity index (χ2n) is 6.02. The summed E-state index contributed by atoms with van der Waals surface area (Å²) in [7, 11) is 2.09. The van der Waals surface area contributed by atoms with Crippen LogP contribution in [0.3, 0.4) is 0 Å². The van der Waals surface area contributed by atoms with Gasteiger partial charge in [0.1, 0.15) is 0 Å². The highest BCUT2D eigenvalue weighted by atomic mass is 14.9. The van der Waals surface area contributed by atoms with Crippen molar-refractivity contribution in [2.45, 2.75) is 46.1 Å². The van der Waals surface area contributed by atoms with Gasteiger partial charge in [0.25, 0.3) is 0 Å². The first-order chi connectivity index (χ1) is 8.61. The van der Waals surface area contributed by atoms with Gasteiger partial charge in [0.05, 0.1) is 0 Å². The van der Waals surface area contributed by atoms with E-state index in [-0.39, 0.29) is 0 Å². The number of aryl methyl sites for hydroxylation is 1. The van der Waals surface area contributed by atoms with Crippen LogP contribution in [0.4, 0.5) is 0 Å². The third kappa shape index (κ3) is 2.92. The van der Waals surface area contributed by atoms with Gasteiger partial charge < -0.3 is 5.32 Å². The number of nitrogens with zero attached hydrogens (tertiary/aromatic N) is 1. The van der Waals surface area contributed by atoms with Gasteiger partial charge in [-0.05, 0) is 62.3 Å². The monoisotopic (exact) mass is 246 g/mol. The van der Waals surface area contributed by atoms with Crippen LogP contribution < -0.4 is 5.32 Å². The molecular formula is C16H26N2. The minimum Gasteiger partial charge on any atom is -0.313 e. The van der Waals surface area contributed by atoms with Crippen LogP contribution in [0.15, 0.2) is 18.3 Å². The first kappa shape index (κ1) is 13.5. The van der Waals surface area contributed by atoms with Gasteiger partial charge in [0.15, 0.2) is 0 Å². The highest BCUT2D eigenvalue weighted by molar-refractivity contribution is 5.20. The minimum atomic E-state index is 0.488. The molecule has 0 amide bonds. The summed E-state index contributed by atoms with van der Waals surface area (Å²) < 4.78 is 0. The predicted octanol–water partition coefficient (Wildman–Crippen LogP) is 3.72. The second-order valence-corrected chi connectivity index (χ2v) is 6.02. The van der Waals surface area contributed by atoms with Gasteiger partial charge in [-0.2, -0.15) is 0 Å². The highest BCUT2D eigenvalue weighted by Crippen LogP contribution is 2.39. The SMILES string of the molecule is CNC(c1ccnc(C)c1)C1CCC(C)C(C)C1. The van der Waals surface area contributed by atoms with E-state index in [1.54, 1.807) is 0 Å². The number of nitrogens with one attached hydrogen (secondary N) is 1. The minimum absolute atomic E-state index is 0.488. The predicted molar refractivity (Wildman–Crippen MR) is 76.4 cm³/mol. The molecule has 0 radical (unpaired) electrons. The molecule has 2 rings (SSSR count). The van der Waals surface area contributed by atoms with Gasteiger partial charge in [-0.15, -0.1) is 0 Å². The Morgan fingerprint density at radius 3 is 2.67 bits per heavy atom. The van der Waals surface area contributed by atoms with Crippen LogP contribution in [0.5, 0.6) is 0 Å². The van der Waals surface area contributed by atoms with Crippen molar-refractivity contribution >= 4 is 0 Å². The van der Waals surface area contributed by atoms with Gasteiger partial charge in [-0.1, -0.05) is 20.3 Å². The van der Waals surface area contributed by atoms with Crippen molar-refractivity contribution in [3.63, 3.8) is 0 Å². The molecule has 18 heavy (non-hydrogen) atoms. The summed E-state index contributed by atoms with van der Waals surface area (Å²) in [5.74, 6) is 2.50. The molecule has 2 nitrogen and oxygen atoms in total. The Morgan fingerprint density at radius 1 is 1.28 bits per heavy atom. The lowest BCUT2D eigenvalue weighted by Gasteiger charge is -2.37. The Morgan fingerprint density at radius 2 is 2.06 bits per heavy atom. The fourth-order valence-electron chi connectivity index (χ4n) is 3.33. The third-order valence-corrected chi connectivity index (χ3v) is 4.70. The van der Waals surface area contributed by atoms with Crippen molar-refractivity contribution in [3.05, 3.63) is 29.6 Å². The largest absolute Gasteiger partial charge is 0.313 e. The zero-order chi connectivity index (χ0) is 13.1. The smallest absolute Gasteiger partial charge is 0.0375 e. The van der Waals surface area contributed by atoms with Crippen LogP contribution in [-0.2, 0) is 0 Å². The lowest BCUT2D eigenvalue weighted by atomic mass is 9.72. The van der Waals surface area contributed by atoms with Crippen molar-refractivity contribution in [2.24, 2.45) is 17.8 Å². The quantitative estimate of drug-likeness (QED) is 0.879. The summed E-state index contributed by atoms with van der Waals surface area (Å²) in [6, 6.07) is 4.88. The van der Waals surface area contributed by atoms with Gasteiger partial charge in [-0.3, -0.25) is 4.98 Å². The number of hydrogen-bond acceptors (Lipinski definition) is 2. The number of hydrogen-bond donors (Lipinski definition) is 1. The maximum Gasteiger partial charge on any atom is 0.0375 e.